The van der Waals surface area contributed by atoms with Gasteiger partial charge >= 0.3 is 12.1 Å². The fourth-order valence-electron chi connectivity index (χ4n) is 3.27. The molecule has 0 aliphatic heterocycles. The molecule has 11 heteroatoms. The molecule has 0 bridgehead atoms. The van der Waals surface area contributed by atoms with Gasteiger partial charge in [-0.1, -0.05) is 12.1 Å². The third kappa shape index (κ3) is 5.68. The van der Waals surface area contributed by atoms with Gasteiger partial charge in [0.25, 0.3) is 0 Å². The molecule has 1 aromatic carbocycles. The normalized spacial score (nSPS) is 15.2. The number of amides is 1. The van der Waals surface area contributed by atoms with Crippen molar-refractivity contribution >= 4 is 17.6 Å². The van der Waals surface area contributed by atoms with Gasteiger partial charge in [-0.05, 0) is 43.5 Å². The number of nitrogens with one attached hydrogen (secondary N) is 2. The number of rotatable bonds is 3. The van der Waals surface area contributed by atoms with E-state index < -0.39 is 12.1 Å². The molecular formula is C21H18F4N4O3. The van der Waals surface area contributed by atoms with Crippen LogP contribution < -0.4 is 5.32 Å². The number of pyridine rings is 1. The van der Waals surface area contributed by atoms with Crippen LogP contribution in [0.2, 0.25) is 0 Å². The zero-order valence-corrected chi connectivity index (χ0v) is 16.5. The maximum absolute atomic E-state index is 13.5. The molecule has 1 aliphatic rings. The molecule has 7 nitrogen and oxygen atoms in total. The van der Waals surface area contributed by atoms with E-state index in [9.17, 15) is 22.4 Å². The van der Waals surface area contributed by atoms with Crippen molar-refractivity contribution < 1.29 is 32.3 Å². The van der Waals surface area contributed by atoms with Crippen LogP contribution in [-0.2, 0) is 22.4 Å². The van der Waals surface area contributed by atoms with E-state index in [0.717, 1.165) is 35.4 Å². The van der Waals surface area contributed by atoms with Crippen molar-refractivity contribution in [3.8, 4) is 11.3 Å². The first-order valence-electron chi connectivity index (χ1n) is 9.48. The smallest absolute Gasteiger partial charge is 0.475 e. The summed E-state index contributed by atoms with van der Waals surface area (Å²) in [7, 11) is 0. The number of aromatic nitrogens is 3. The average Bonchev–Trinajstić information content (AvgIpc) is 3.17. The molecule has 0 saturated carbocycles. The van der Waals surface area contributed by atoms with Gasteiger partial charge in [0.2, 0.25) is 5.91 Å². The van der Waals surface area contributed by atoms with Crippen LogP contribution in [-0.4, -0.2) is 38.3 Å². The summed E-state index contributed by atoms with van der Waals surface area (Å²) in [4.78, 5) is 25.5. The van der Waals surface area contributed by atoms with Crippen LogP contribution in [0.5, 0.6) is 0 Å². The summed E-state index contributed by atoms with van der Waals surface area (Å²) in [6.45, 7) is 0. The number of fused-ring (bicyclic) bond motifs is 1. The van der Waals surface area contributed by atoms with E-state index in [2.05, 4.69) is 20.5 Å². The Kier molecular flexibility index (Phi) is 6.86. The van der Waals surface area contributed by atoms with Gasteiger partial charge in [0.15, 0.2) is 0 Å². The molecule has 1 atom stereocenters. The Balaban J connectivity index is 0.000000360. The Hall–Kier alpha value is -3.76. The molecule has 0 saturated heterocycles. The molecule has 4 rings (SSSR count). The minimum atomic E-state index is -5.08. The van der Waals surface area contributed by atoms with Crippen LogP contribution in [0, 0.1) is 11.7 Å². The maximum Gasteiger partial charge on any atom is 0.490 e. The van der Waals surface area contributed by atoms with Gasteiger partial charge in [0, 0.05) is 28.9 Å². The van der Waals surface area contributed by atoms with Crippen molar-refractivity contribution in [2.24, 2.45) is 5.92 Å². The number of aliphatic carboxylic acids is 1. The van der Waals surface area contributed by atoms with Crippen molar-refractivity contribution in [2.75, 3.05) is 5.32 Å². The van der Waals surface area contributed by atoms with Crippen LogP contribution in [0.1, 0.15) is 17.7 Å². The zero-order valence-electron chi connectivity index (χ0n) is 16.5. The number of carboxylic acids is 1. The predicted octanol–water partition coefficient (Wildman–Crippen LogP) is 3.99. The van der Waals surface area contributed by atoms with Crippen molar-refractivity contribution in [3.63, 3.8) is 0 Å². The number of anilines is 1. The molecule has 1 unspecified atom stereocenters. The van der Waals surface area contributed by atoms with Gasteiger partial charge in [-0.2, -0.15) is 18.3 Å². The number of H-pyrrole nitrogens is 1. The number of carbonyl (C=O) groups excluding carboxylic acids is 1. The highest BCUT2D eigenvalue weighted by atomic mass is 19.4. The third-order valence-corrected chi connectivity index (χ3v) is 4.79. The Labute approximate surface area is 179 Å². The number of carbonyl (C=O) groups is 2. The van der Waals surface area contributed by atoms with Crippen LogP contribution >= 0.6 is 0 Å². The number of halogens is 4. The lowest BCUT2D eigenvalue weighted by Crippen LogP contribution is -2.28. The van der Waals surface area contributed by atoms with Crippen molar-refractivity contribution in [1.82, 2.24) is 15.2 Å². The Bertz CT molecular complexity index is 1100. The van der Waals surface area contributed by atoms with Gasteiger partial charge in [0.05, 0.1) is 17.6 Å². The summed E-state index contributed by atoms with van der Waals surface area (Å²) in [5, 5.41) is 17.4. The first kappa shape index (κ1) is 22.9. The second kappa shape index (κ2) is 9.58. The van der Waals surface area contributed by atoms with Gasteiger partial charge in [-0.3, -0.25) is 14.9 Å². The molecule has 3 N–H and O–H groups in total. The van der Waals surface area contributed by atoms with Crippen molar-refractivity contribution in [3.05, 3.63) is 65.9 Å². The van der Waals surface area contributed by atoms with Gasteiger partial charge in [-0.25, -0.2) is 9.18 Å². The number of nitrogens with zero attached hydrogens (tertiary/aromatic N) is 2. The SMILES string of the molecule is O=C(Nc1cccnc1)C1CCc2[nH]nc(-c3cccc(F)c3)c2C1.O=C(O)C(F)(F)F. The van der Waals surface area contributed by atoms with Gasteiger partial charge in [0.1, 0.15) is 5.82 Å². The fourth-order valence-corrected chi connectivity index (χ4v) is 3.27. The molecule has 1 aliphatic carbocycles. The first-order valence-corrected chi connectivity index (χ1v) is 9.48. The molecule has 3 aromatic rings. The molecule has 2 aromatic heterocycles. The van der Waals surface area contributed by atoms with E-state index >= 15 is 0 Å². The second-order valence-electron chi connectivity index (χ2n) is 7.01. The number of aromatic amines is 1. The Morgan fingerprint density at radius 3 is 2.56 bits per heavy atom. The van der Waals surface area contributed by atoms with Gasteiger partial charge in [-0.15, -0.1) is 0 Å². The predicted molar refractivity (Wildman–Crippen MR) is 106 cm³/mol. The number of benzene rings is 1. The third-order valence-electron chi connectivity index (χ3n) is 4.79. The van der Waals surface area contributed by atoms with E-state index in [4.69, 9.17) is 9.90 Å². The van der Waals surface area contributed by atoms with E-state index in [1.165, 1.54) is 12.1 Å². The molecule has 32 heavy (non-hydrogen) atoms. The van der Waals surface area contributed by atoms with Crippen molar-refractivity contribution in [1.29, 1.82) is 0 Å². The van der Waals surface area contributed by atoms with E-state index in [-0.39, 0.29) is 17.6 Å². The van der Waals surface area contributed by atoms with Crippen molar-refractivity contribution in [2.45, 2.75) is 25.4 Å². The molecule has 2 heterocycles. The minimum absolute atomic E-state index is 0.0231. The summed E-state index contributed by atoms with van der Waals surface area (Å²) in [6.07, 6.45) is 0.303. The highest BCUT2D eigenvalue weighted by Crippen LogP contribution is 2.32. The molecule has 0 fully saturated rings. The Morgan fingerprint density at radius 2 is 1.94 bits per heavy atom. The monoisotopic (exact) mass is 450 g/mol. The lowest BCUT2D eigenvalue weighted by molar-refractivity contribution is -0.192. The highest BCUT2D eigenvalue weighted by molar-refractivity contribution is 5.92. The first-order chi connectivity index (χ1) is 15.1. The summed E-state index contributed by atoms with van der Waals surface area (Å²) in [6, 6.07) is 9.98. The second-order valence-corrected chi connectivity index (χ2v) is 7.01. The topological polar surface area (TPSA) is 108 Å². The molecule has 168 valence electrons. The number of carboxylic acid groups (broad SMARTS) is 1. The van der Waals surface area contributed by atoms with E-state index in [1.807, 2.05) is 12.1 Å². The van der Waals surface area contributed by atoms with Crippen LogP contribution in [0.15, 0.2) is 48.8 Å². The van der Waals surface area contributed by atoms with E-state index in [1.54, 1.807) is 24.5 Å². The number of hydrogen-bond acceptors (Lipinski definition) is 4. The lowest BCUT2D eigenvalue weighted by atomic mass is 9.85. The van der Waals surface area contributed by atoms with E-state index in [0.29, 0.717) is 12.1 Å². The number of aryl methyl sites for hydroxylation is 1. The largest absolute Gasteiger partial charge is 0.490 e. The van der Waals surface area contributed by atoms with Gasteiger partial charge < -0.3 is 10.4 Å². The molecule has 0 spiro atoms. The zero-order chi connectivity index (χ0) is 23.3. The highest BCUT2D eigenvalue weighted by Gasteiger charge is 2.38. The van der Waals surface area contributed by atoms with Crippen LogP contribution in [0.25, 0.3) is 11.3 Å². The number of alkyl halides is 3. The summed E-state index contributed by atoms with van der Waals surface area (Å²) >= 11 is 0. The van der Waals surface area contributed by atoms with Crippen LogP contribution in [0.3, 0.4) is 0 Å². The lowest BCUT2D eigenvalue weighted by Gasteiger charge is -2.21. The molecular weight excluding hydrogens is 432 g/mol. The van der Waals surface area contributed by atoms with Crippen LogP contribution in [0.4, 0.5) is 23.2 Å². The summed E-state index contributed by atoms with van der Waals surface area (Å²) in [5.41, 5.74) is 4.18. The number of hydrogen-bond donors (Lipinski definition) is 3. The fraction of sp³-hybridized carbons (Fsp3) is 0.238. The standard InChI is InChI=1S/C19H17FN4O.C2HF3O2/c20-14-4-1-3-12(9-14)18-16-10-13(6-7-17(16)23-24-18)19(25)22-15-5-2-8-21-11-15;3-2(4,5)1(6)7/h1-5,8-9,11,13H,6-7,10H2,(H,22,25)(H,23,24);(H,6,7). The quantitative estimate of drug-likeness (QED) is 0.523. The molecule has 0 radical (unpaired) electrons. The Morgan fingerprint density at radius 1 is 1.19 bits per heavy atom. The average molecular weight is 450 g/mol. The maximum atomic E-state index is 13.5. The summed E-state index contributed by atoms with van der Waals surface area (Å²) in [5.74, 6) is -3.22. The molecule has 1 amide bonds. The minimum Gasteiger partial charge on any atom is -0.475 e. The summed E-state index contributed by atoms with van der Waals surface area (Å²) < 4.78 is 45.3.